The molecule has 0 aromatic rings. The molecule has 0 aromatic heterocycles. The highest BCUT2D eigenvalue weighted by atomic mass is 13.9. The Hall–Kier alpha value is -0.520. The fourth-order valence-electron chi connectivity index (χ4n) is 1.12. The average Bonchev–Trinajstić information content (AvgIpc) is 2.10. The Kier molecular flexibility index (Phi) is 10.0. The lowest BCUT2D eigenvalue weighted by Gasteiger charge is -1.95. The summed E-state index contributed by atoms with van der Waals surface area (Å²) in [7, 11) is 0. The zero-order valence-electron chi connectivity index (χ0n) is 8.26. The molecule has 0 aliphatic carbocycles. The quantitative estimate of drug-likeness (QED) is 0.390. The van der Waals surface area contributed by atoms with Gasteiger partial charge in [-0.15, -0.1) is 0 Å². The van der Waals surface area contributed by atoms with E-state index in [9.17, 15) is 0 Å². The van der Waals surface area contributed by atoms with E-state index in [4.69, 9.17) is 0 Å². The van der Waals surface area contributed by atoms with Crippen LogP contribution in [0.2, 0.25) is 0 Å². The molecule has 69 valence electrons. The van der Waals surface area contributed by atoms with Gasteiger partial charge in [0.05, 0.1) is 0 Å². The first-order chi connectivity index (χ1) is 5.91. The summed E-state index contributed by atoms with van der Waals surface area (Å²) in [4.78, 5) is 0. The summed E-state index contributed by atoms with van der Waals surface area (Å²) in [6.45, 7) is 5.86. The highest BCUT2D eigenvalue weighted by Crippen LogP contribution is 2.05. The fraction of sp³-hybridized carbons (Fsp3) is 0.583. The van der Waals surface area contributed by atoms with Gasteiger partial charge in [0.2, 0.25) is 0 Å². The van der Waals surface area contributed by atoms with Crippen LogP contribution in [0.25, 0.3) is 0 Å². The van der Waals surface area contributed by atoms with Gasteiger partial charge in [-0.25, -0.2) is 0 Å². The van der Waals surface area contributed by atoms with E-state index in [1.165, 1.54) is 38.5 Å². The molecule has 0 spiro atoms. The first kappa shape index (κ1) is 11.5. The molecule has 0 nitrogen and oxygen atoms in total. The van der Waals surface area contributed by atoms with Crippen molar-refractivity contribution >= 4 is 0 Å². The second kappa shape index (κ2) is 10.5. The predicted molar refractivity (Wildman–Crippen MR) is 57.0 cm³/mol. The highest BCUT2D eigenvalue weighted by Gasteiger charge is 1.85. The third kappa shape index (κ3) is 9.48. The second-order valence-electron chi connectivity index (χ2n) is 3.06. The van der Waals surface area contributed by atoms with Crippen LogP contribution in [0, 0.1) is 6.92 Å². The van der Waals surface area contributed by atoms with Gasteiger partial charge in [0.15, 0.2) is 0 Å². The minimum atomic E-state index is 1.22. The maximum Gasteiger partial charge on any atom is -0.0313 e. The van der Waals surface area contributed by atoms with Crippen LogP contribution in [0.15, 0.2) is 24.3 Å². The van der Waals surface area contributed by atoms with Crippen LogP contribution in [0.3, 0.4) is 0 Å². The molecular weight excluding hydrogens is 144 g/mol. The number of unbranched alkanes of at least 4 members (excludes halogenated alkanes) is 5. The van der Waals surface area contributed by atoms with Crippen molar-refractivity contribution in [2.75, 3.05) is 0 Å². The van der Waals surface area contributed by atoms with Crippen LogP contribution in [0.1, 0.15) is 45.4 Å². The first-order valence-electron chi connectivity index (χ1n) is 5.02. The van der Waals surface area contributed by atoms with Crippen molar-refractivity contribution in [2.45, 2.75) is 45.4 Å². The third-order valence-corrected chi connectivity index (χ3v) is 1.86. The average molecular weight is 165 g/mol. The molecule has 0 heterocycles. The molecule has 0 fully saturated rings. The summed E-state index contributed by atoms with van der Waals surface area (Å²) in [5.74, 6) is 0. The summed E-state index contributed by atoms with van der Waals surface area (Å²) in [6, 6.07) is 0. The molecule has 0 saturated carbocycles. The van der Waals surface area contributed by atoms with Crippen molar-refractivity contribution in [3.63, 3.8) is 0 Å². The minimum Gasteiger partial charge on any atom is -0.0845 e. The van der Waals surface area contributed by atoms with E-state index in [1.54, 1.807) is 0 Å². The molecule has 0 N–H and O–H groups in total. The standard InChI is InChI=1S/C12H21/c1-3-5-7-9-11-12-10-8-6-4-2/h3,5,7,9H,1,4,6,8,10-12H2,2H3/b5-3+,9-7+. The number of hydrogen-bond acceptors (Lipinski definition) is 0. The van der Waals surface area contributed by atoms with Crippen molar-refractivity contribution in [1.82, 2.24) is 0 Å². The maximum atomic E-state index is 3.61. The van der Waals surface area contributed by atoms with Crippen LogP contribution >= 0.6 is 0 Å². The number of rotatable bonds is 7. The Balaban J connectivity index is 3.00. The van der Waals surface area contributed by atoms with Gasteiger partial charge in [0.1, 0.15) is 0 Å². The molecule has 0 aromatic carbocycles. The molecule has 12 heavy (non-hydrogen) atoms. The van der Waals surface area contributed by atoms with Crippen molar-refractivity contribution < 1.29 is 0 Å². The topological polar surface area (TPSA) is 0 Å². The van der Waals surface area contributed by atoms with E-state index < -0.39 is 0 Å². The van der Waals surface area contributed by atoms with E-state index >= 15 is 0 Å². The lowest BCUT2D eigenvalue weighted by molar-refractivity contribution is 0.637. The maximum absolute atomic E-state index is 3.61. The van der Waals surface area contributed by atoms with Gasteiger partial charge >= 0.3 is 0 Å². The van der Waals surface area contributed by atoms with Crippen LogP contribution in [-0.2, 0) is 0 Å². The summed E-state index contributed by atoms with van der Waals surface area (Å²) < 4.78 is 0. The van der Waals surface area contributed by atoms with Gasteiger partial charge in [-0.1, -0.05) is 56.9 Å². The van der Waals surface area contributed by atoms with Crippen LogP contribution < -0.4 is 0 Å². The van der Waals surface area contributed by atoms with Gasteiger partial charge < -0.3 is 0 Å². The molecule has 0 atom stereocenters. The molecule has 0 unspecified atom stereocenters. The largest absolute Gasteiger partial charge is 0.0845 e. The summed E-state index contributed by atoms with van der Waals surface area (Å²) in [5.41, 5.74) is 0. The summed E-state index contributed by atoms with van der Waals surface area (Å²) in [5, 5.41) is 0. The summed E-state index contributed by atoms with van der Waals surface area (Å²) >= 11 is 0. The van der Waals surface area contributed by atoms with Gasteiger partial charge in [0.25, 0.3) is 0 Å². The van der Waals surface area contributed by atoms with Crippen LogP contribution in [-0.4, -0.2) is 0 Å². The van der Waals surface area contributed by atoms with Crippen molar-refractivity contribution in [3.8, 4) is 0 Å². The molecule has 0 aliphatic rings. The second-order valence-corrected chi connectivity index (χ2v) is 3.06. The normalized spacial score (nSPS) is 11.8. The zero-order valence-corrected chi connectivity index (χ0v) is 8.26. The van der Waals surface area contributed by atoms with Crippen molar-refractivity contribution in [3.05, 3.63) is 31.2 Å². The van der Waals surface area contributed by atoms with Crippen LogP contribution in [0.5, 0.6) is 0 Å². The predicted octanol–water partition coefficient (Wildman–Crippen LogP) is 4.29. The zero-order chi connectivity index (χ0) is 9.07. The highest BCUT2D eigenvalue weighted by molar-refractivity contribution is 5.03. The van der Waals surface area contributed by atoms with Gasteiger partial charge in [-0.05, 0) is 19.8 Å². The Morgan fingerprint density at radius 3 is 2.42 bits per heavy atom. The smallest absolute Gasteiger partial charge is 0.0313 e. The van der Waals surface area contributed by atoms with Gasteiger partial charge in [-0.3, -0.25) is 0 Å². The van der Waals surface area contributed by atoms with E-state index in [2.05, 4.69) is 26.0 Å². The fourth-order valence-corrected chi connectivity index (χ4v) is 1.12. The molecule has 0 saturated heterocycles. The Bertz CT molecular complexity index is 120. The lowest BCUT2D eigenvalue weighted by atomic mass is 10.1. The molecule has 0 heteroatoms. The monoisotopic (exact) mass is 165 g/mol. The molecule has 0 amide bonds. The van der Waals surface area contributed by atoms with E-state index in [0.717, 1.165) is 0 Å². The van der Waals surface area contributed by atoms with Crippen LogP contribution in [0.4, 0.5) is 0 Å². The SMILES string of the molecule is [CH2]/C=C/C=C/CCCCCCC. The Morgan fingerprint density at radius 1 is 1.00 bits per heavy atom. The summed E-state index contributed by atoms with van der Waals surface area (Å²) in [6.07, 6.45) is 16.1. The molecule has 0 aliphatic heterocycles. The molecule has 1 radical (unpaired) electrons. The van der Waals surface area contributed by atoms with Gasteiger partial charge in [-0.2, -0.15) is 0 Å². The molecule has 0 bridgehead atoms. The van der Waals surface area contributed by atoms with Crippen molar-refractivity contribution in [2.24, 2.45) is 0 Å². The third-order valence-electron chi connectivity index (χ3n) is 1.86. The lowest BCUT2D eigenvalue weighted by Crippen LogP contribution is -1.75. The number of hydrogen-bond donors (Lipinski definition) is 0. The van der Waals surface area contributed by atoms with E-state index in [-0.39, 0.29) is 0 Å². The van der Waals surface area contributed by atoms with E-state index in [1.807, 2.05) is 12.2 Å². The van der Waals surface area contributed by atoms with Gasteiger partial charge in [0, 0.05) is 0 Å². The minimum absolute atomic E-state index is 1.22. The Labute approximate surface area is 77.4 Å². The van der Waals surface area contributed by atoms with E-state index in [0.29, 0.717) is 0 Å². The Morgan fingerprint density at radius 2 is 1.75 bits per heavy atom. The molecular formula is C12H21. The molecule has 0 rings (SSSR count). The number of allylic oxidation sites excluding steroid dienone is 4. The van der Waals surface area contributed by atoms with Crippen molar-refractivity contribution in [1.29, 1.82) is 0 Å². The first-order valence-corrected chi connectivity index (χ1v) is 5.02.